The maximum atomic E-state index is 5.50. The summed E-state index contributed by atoms with van der Waals surface area (Å²) in [5.41, 5.74) is 18.1. The maximum Gasteiger partial charge on any atom is 0.160 e. The summed E-state index contributed by atoms with van der Waals surface area (Å²) in [6, 6.07) is 74.7. The smallest absolute Gasteiger partial charge is 0.160 e. The lowest BCUT2D eigenvalue weighted by Crippen LogP contribution is -2.15. The van der Waals surface area contributed by atoms with Crippen molar-refractivity contribution in [1.29, 1.82) is 0 Å². The molecular weight excluding hydrogens is 765 g/mol. The number of nitrogens with zero attached hydrogens (tertiary/aromatic N) is 4. The van der Waals surface area contributed by atoms with E-state index in [0.29, 0.717) is 5.82 Å². The van der Waals surface area contributed by atoms with Gasteiger partial charge in [-0.2, -0.15) is 0 Å². The van der Waals surface area contributed by atoms with Crippen LogP contribution in [0, 0.1) is 0 Å². The Bertz CT molecular complexity index is 3760. The van der Waals surface area contributed by atoms with Gasteiger partial charge < -0.3 is 9.13 Å². The van der Waals surface area contributed by atoms with Crippen molar-refractivity contribution < 1.29 is 0 Å². The third kappa shape index (κ3) is 5.34. The molecule has 0 radical (unpaired) electrons. The summed E-state index contributed by atoms with van der Waals surface area (Å²) < 4.78 is 4.88. The Balaban J connectivity index is 1.09. The molecule has 0 aliphatic heterocycles. The van der Waals surface area contributed by atoms with E-state index in [2.05, 4.69) is 229 Å². The first-order valence-electron chi connectivity index (χ1n) is 21.7. The van der Waals surface area contributed by atoms with E-state index < -0.39 is 0 Å². The summed E-state index contributed by atoms with van der Waals surface area (Å²) >= 11 is 0. The molecule has 0 amide bonds. The molecule has 3 aromatic heterocycles. The summed E-state index contributed by atoms with van der Waals surface area (Å²) in [6.45, 7) is 4.72. The van der Waals surface area contributed by atoms with Crippen LogP contribution in [0.5, 0.6) is 0 Å². The van der Waals surface area contributed by atoms with Crippen molar-refractivity contribution in [2.24, 2.45) is 0 Å². The molecule has 0 spiro atoms. The fourth-order valence-corrected chi connectivity index (χ4v) is 10.5. The zero-order valence-corrected chi connectivity index (χ0v) is 34.9. The van der Waals surface area contributed by atoms with Gasteiger partial charge in [0.25, 0.3) is 0 Å². The second-order valence-electron chi connectivity index (χ2n) is 17.4. The van der Waals surface area contributed by atoms with Crippen molar-refractivity contribution >= 4 is 54.5 Å². The average Bonchev–Trinajstić information content (AvgIpc) is 3.93. The molecule has 0 saturated heterocycles. The van der Waals surface area contributed by atoms with E-state index >= 15 is 0 Å². The van der Waals surface area contributed by atoms with Crippen LogP contribution in [0.25, 0.3) is 111 Å². The van der Waals surface area contributed by atoms with Gasteiger partial charge in [0.15, 0.2) is 5.82 Å². The van der Waals surface area contributed by atoms with Crippen LogP contribution in [0.2, 0.25) is 0 Å². The molecule has 0 N–H and O–H groups in total. The standard InChI is InChI=1S/C59H40N4/c1-59(2)50-23-11-6-18-43(50)48-35-49-46-21-10-15-27-55(46)63(56(49)36-51(48)59)42-33-40(32-41(34-42)62-53-25-13-8-19-44(53)45-20-9-14-26-54(45)62)58-60-52-24-12-7-22-47(52)57(61-58)39-30-28-38(29-31-39)37-16-4-3-5-17-37/h3-36H,1-2H3. The van der Waals surface area contributed by atoms with Crippen LogP contribution in [-0.4, -0.2) is 19.1 Å². The molecule has 0 unspecified atom stereocenters. The van der Waals surface area contributed by atoms with E-state index in [1.165, 1.54) is 60.4 Å². The second kappa shape index (κ2) is 13.5. The molecule has 63 heavy (non-hydrogen) atoms. The van der Waals surface area contributed by atoms with Gasteiger partial charge in [-0.15, -0.1) is 0 Å². The zero-order valence-electron chi connectivity index (χ0n) is 34.9. The summed E-state index contributed by atoms with van der Waals surface area (Å²) in [5, 5.41) is 5.93. The van der Waals surface area contributed by atoms with Crippen LogP contribution in [0.15, 0.2) is 206 Å². The molecular formula is C59H40N4. The van der Waals surface area contributed by atoms with Crippen LogP contribution in [0.3, 0.4) is 0 Å². The molecule has 0 bridgehead atoms. The van der Waals surface area contributed by atoms with Gasteiger partial charge in [0.05, 0.1) is 33.3 Å². The molecule has 4 heteroatoms. The molecule has 9 aromatic carbocycles. The zero-order chi connectivity index (χ0) is 41.8. The SMILES string of the molecule is CC1(C)c2ccccc2-c2cc3c4ccccc4n(-c4cc(-c5nc(-c6ccc(-c7ccccc7)cc6)c6ccccc6n5)cc(-n5c6ccccc6c6ccccc65)c4)c3cc21. The van der Waals surface area contributed by atoms with E-state index in [0.717, 1.165) is 55.6 Å². The first-order chi connectivity index (χ1) is 31.0. The number of aromatic nitrogens is 4. The normalized spacial score (nSPS) is 13.0. The Kier molecular flexibility index (Phi) is 7.62. The fraction of sp³-hybridized carbons (Fsp3) is 0.0508. The van der Waals surface area contributed by atoms with Gasteiger partial charge in [0, 0.05) is 54.8 Å². The molecule has 0 fully saturated rings. The number of rotatable bonds is 5. The largest absolute Gasteiger partial charge is 0.309 e. The van der Waals surface area contributed by atoms with Crippen LogP contribution in [-0.2, 0) is 5.41 Å². The van der Waals surface area contributed by atoms with Crippen molar-refractivity contribution in [3.8, 4) is 56.3 Å². The minimum Gasteiger partial charge on any atom is -0.309 e. The Hall–Kier alpha value is -8.08. The first-order valence-corrected chi connectivity index (χ1v) is 21.7. The van der Waals surface area contributed by atoms with Crippen molar-refractivity contribution in [1.82, 2.24) is 19.1 Å². The van der Waals surface area contributed by atoms with Crippen LogP contribution < -0.4 is 0 Å². The lowest BCUT2D eigenvalue weighted by Gasteiger charge is -2.22. The summed E-state index contributed by atoms with van der Waals surface area (Å²) in [5.74, 6) is 0.679. The van der Waals surface area contributed by atoms with Crippen molar-refractivity contribution in [2.75, 3.05) is 0 Å². The van der Waals surface area contributed by atoms with E-state index in [1.807, 2.05) is 0 Å². The molecule has 4 nitrogen and oxygen atoms in total. The van der Waals surface area contributed by atoms with Crippen LogP contribution >= 0.6 is 0 Å². The van der Waals surface area contributed by atoms with E-state index in [1.54, 1.807) is 0 Å². The molecule has 1 aliphatic rings. The topological polar surface area (TPSA) is 35.6 Å². The van der Waals surface area contributed by atoms with Gasteiger partial charge in [-0.1, -0.05) is 166 Å². The summed E-state index contributed by atoms with van der Waals surface area (Å²) in [7, 11) is 0. The molecule has 0 atom stereocenters. The van der Waals surface area contributed by atoms with Gasteiger partial charge in [-0.3, -0.25) is 0 Å². The summed E-state index contributed by atoms with van der Waals surface area (Å²) in [6.07, 6.45) is 0. The van der Waals surface area contributed by atoms with Crippen LogP contribution in [0.4, 0.5) is 0 Å². The molecule has 1 aliphatic carbocycles. The van der Waals surface area contributed by atoms with Crippen LogP contribution in [0.1, 0.15) is 25.0 Å². The van der Waals surface area contributed by atoms with Gasteiger partial charge in [-0.25, -0.2) is 9.97 Å². The van der Waals surface area contributed by atoms with E-state index in [4.69, 9.17) is 9.97 Å². The van der Waals surface area contributed by atoms with Gasteiger partial charge in [-0.05, 0) is 88.0 Å². The highest BCUT2D eigenvalue weighted by Gasteiger charge is 2.36. The molecule has 12 aromatic rings. The molecule has 3 heterocycles. The maximum absolute atomic E-state index is 5.50. The lowest BCUT2D eigenvalue weighted by molar-refractivity contribution is 0.661. The van der Waals surface area contributed by atoms with Gasteiger partial charge >= 0.3 is 0 Å². The Morgan fingerprint density at radius 1 is 0.349 bits per heavy atom. The third-order valence-corrected chi connectivity index (χ3v) is 13.5. The predicted molar refractivity (Wildman–Crippen MR) is 262 cm³/mol. The third-order valence-electron chi connectivity index (χ3n) is 13.5. The van der Waals surface area contributed by atoms with E-state index in [9.17, 15) is 0 Å². The lowest BCUT2D eigenvalue weighted by atomic mass is 9.82. The minimum atomic E-state index is -0.147. The number of benzene rings is 9. The molecule has 296 valence electrons. The Morgan fingerprint density at radius 3 is 1.56 bits per heavy atom. The van der Waals surface area contributed by atoms with Crippen molar-refractivity contribution in [3.63, 3.8) is 0 Å². The number of fused-ring (bicyclic) bond motifs is 10. The predicted octanol–water partition coefficient (Wildman–Crippen LogP) is 15.1. The van der Waals surface area contributed by atoms with E-state index in [-0.39, 0.29) is 5.41 Å². The Labute approximate surface area is 365 Å². The average molecular weight is 805 g/mol. The summed E-state index contributed by atoms with van der Waals surface area (Å²) in [4.78, 5) is 10.8. The minimum absolute atomic E-state index is 0.147. The highest BCUT2D eigenvalue weighted by Crippen LogP contribution is 2.51. The number of hydrogen-bond donors (Lipinski definition) is 0. The first kappa shape index (κ1) is 35.7. The second-order valence-corrected chi connectivity index (χ2v) is 17.4. The Morgan fingerprint density at radius 2 is 0.873 bits per heavy atom. The fourth-order valence-electron chi connectivity index (χ4n) is 10.5. The number of hydrogen-bond acceptors (Lipinski definition) is 2. The molecule has 0 saturated carbocycles. The van der Waals surface area contributed by atoms with Gasteiger partial charge in [0.2, 0.25) is 0 Å². The van der Waals surface area contributed by atoms with Crippen molar-refractivity contribution in [2.45, 2.75) is 19.3 Å². The number of para-hydroxylation sites is 4. The van der Waals surface area contributed by atoms with Crippen molar-refractivity contribution in [3.05, 3.63) is 217 Å². The quantitative estimate of drug-likeness (QED) is 0.174. The highest BCUT2D eigenvalue weighted by molar-refractivity contribution is 6.12. The highest BCUT2D eigenvalue weighted by atomic mass is 15.0. The van der Waals surface area contributed by atoms with Gasteiger partial charge in [0.1, 0.15) is 0 Å². The monoisotopic (exact) mass is 804 g/mol. The molecule has 13 rings (SSSR count).